The number of anilines is 3. The van der Waals surface area contributed by atoms with E-state index in [4.69, 9.17) is 23.8 Å². The second-order valence-corrected chi connectivity index (χ2v) is 17.3. The molecule has 5 amide bonds. The molecule has 3 aromatic rings. The number of nitriles is 1. The van der Waals surface area contributed by atoms with Crippen LogP contribution >= 0.6 is 23.8 Å². The van der Waals surface area contributed by atoms with Crippen LogP contribution < -0.4 is 20.4 Å². The number of halogens is 1. The number of nitrogens with one attached hydrogen (secondary N) is 2. The minimum absolute atomic E-state index is 0.0810. The number of fused-ring (bicyclic) bond motifs is 1. The number of carbonyl (C=O) groups is 4. The molecule has 1 aliphatic carbocycles. The Bertz CT molecular complexity index is 2130. The predicted molar refractivity (Wildman–Crippen MR) is 224 cm³/mol. The Morgan fingerprint density at radius 2 is 1.81 bits per heavy atom. The summed E-state index contributed by atoms with van der Waals surface area (Å²) in [6.07, 6.45) is 6.61. The number of imide groups is 1. The molecular formula is C41H51ClN10O4S. The third-order valence-corrected chi connectivity index (χ3v) is 12.9. The van der Waals surface area contributed by atoms with Crippen molar-refractivity contribution in [3.05, 3.63) is 47.0 Å². The van der Waals surface area contributed by atoms with Crippen molar-refractivity contribution in [3.63, 3.8) is 0 Å². The largest absolute Gasteiger partial charge is 0.331 e. The highest BCUT2D eigenvalue weighted by atomic mass is 35.5. The molecule has 2 N–H and O–H groups in total. The van der Waals surface area contributed by atoms with Crippen LogP contribution in [0.3, 0.4) is 0 Å². The van der Waals surface area contributed by atoms with E-state index in [2.05, 4.69) is 50.3 Å². The molecule has 0 bridgehead atoms. The van der Waals surface area contributed by atoms with Crippen LogP contribution in [0.2, 0.25) is 5.02 Å². The van der Waals surface area contributed by atoms with E-state index in [9.17, 15) is 24.4 Å². The third-order valence-electron chi connectivity index (χ3n) is 12.3. The molecule has 7 rings (SSSR count). The molecule has 0 unspecified atom stereocenters. The SMILES string of the molecule is C[C@@H]1CN(CCCC2CCC(N3C(=S)N(c4ccc(C#N)c(Cl)c4)C(=O)C3(C)C)CC2)C[C@H](C)N1CC(=O)Nc1cccc2c(N3CCC(=O)NC3=O)nn(C)c12. The molecule has 16 heteroatoms. The smallest absolute Gasteiger partial charge is 0.329 e. The summed E-state index contributed by atoms with van der Waals surface area (Å²) in [6.45, 7) is 11.6. The van der Waals surface area contributed by atoms with Crippen LogP contribution in [0.4, 0.5) is 22.0 Å². The van der Waals surface area contributed by atoms with Crippen LogP contribution in [0.5, 0.6) is 0 Å². The van der Waals surface area contributed by atoms with Crippen molar-refractivity contribution >= 4 is 80.8 Å². The highest BCUT2D eigenvalue weighted by molar-refractivity contribution is 7.80. The second-order valence-electron chi connectivity index (χ2n) is 16.5. The number of nitrogens with zero attached hydrogens (tertiary/aromatic N) is 8. The standard InChI is InChI=1S/C41H51ClN10O4S/c1-25-22-48(18-7-8-27-11-14-29(15-12-27)52-40(57)51(38(55)41(52,3)4)30-16-13-28(21-43)32(42)20-30)23-26(2)50(25)24-35(54)44-33-10-6-9-31-36(33)47(5)46-37(31)49-19-17-34(53)45-39(49)56/h6,9-10,13,16,20,25-27,29H,7-8,11-12,14-15,17-19,22-24H2,1-5H3,(H,44,54)(H,45,53,56)/t25-,26+,27?,29?. The minimum Gasteiger partial charge on any atom is -0.331 e. The van der Waals surface area contributed by atoms with Crippen LogP contribution in [0, 0.1) is 17.2 Å². The summed E-state index contributed by atoms with van der Waals surface area (Å²) in [4.78, 5) is 61.4. The van der Waals surface area contributed by atoms with Crippen molar-refractivity contribution in [1.29, 1.82) is 5.26 Å². The number of thiocarbonyl (C=S) groups is 1. The maximum Gasteiger partial charge on any atom is 0.329 e. The second kappa shape index (κ2) is 16.3. The van der Waals surface area contributed by atoms with Gasteiger partial charge in [0, 0.05) is 56.6 Å². The van der Waals surface area contributed by atoms with Crippen molar-refractivity contribution < 1.29 is 19.2 Å². The van der Waals surface area contributed by atoms with Gasteiger partial charge in [-0.05, 0) is 121 Å². The molecule has 2 aromatic carbocycles. The van der Waals surface area contributed by atoms with E-state index in [1.165, 1.54) is 4.90 Å². The average molecular weight is 815 g/mol. The van der Waals surface area contributed by atoms with Gasteiger partial charge in [0.05, 0.1) is 34.0 Å². The van der Waals surface area contributed by atoms with Gasteiger partial charge in [0.2, 0.25) is 11.8 Å². The van der Waals surface area contributed by atoms with Crippen LogP contribution in [-0.2, 0) is 21.4 Å². The van der Waals surface area contributed by atoms with E-state index in [1.54, 1.807) is 34.8 Å². The van der Waals surface area contributed by atoms with Gasteiger partial charge < -0.3 is 15.1 Å². The predicted octanol–water partition coefficient (Wildman–Crippen LogP) is 5.63. The number of benzene rings is 2. The fourth-order valence-electron chi connectivity index (χ4n) is 9.38. The fourth-order valence-corrected chi connectivity index (χ4v) is 10.2. The van der Waals surface area contributed by atoms with Crippen LogP contribution in [0.1, 0.15) is 78.2 Å². The van der Waals surface area contributed by atoms with E-state index in [0.717, 1.165) is 63.5 Å². The number of urea groups is 1. The third kappa shape index (κ3) is 7.97. The lowest BCUT2D eigenvalue weighted by molar-refractivity contribution is -0.124. The Labute approximate surface area is 344 Å². The summed E-state index contributed by atoms with van der Waals surface area (Å²) in [5, 5.41) is 20.9. The number of amides is 5. The number of hydrogen-bond acceptors (Lipinski definition) is 9. The van der Waals surface area contributed by atoms with Gasteiger partial charge in [-0.3, -0.25) is 39.1 Å². The molecule has 4 aliphatic rings. The van der Waals surface area contributed by atoms with Gasteiger partial charge in [-0.25, -0.2) is 4.79 Å². The first-order chi connectivity index (χ1) is 27.2. The lowest BCUT2D eigenvalue weighted by Crippen LogP contribution is -2.58. The summed E-state index contributed by atoms with van der Waals surface area (Å²) in [5.41, 5.74) is 1.50. The number of rotatable bonds is 10. The van der Waals surface area contributed by atoms with Gasteiger partial charge in [0.1, 0.15) is 11.6 Å². The van der Waals surface area contributed by atoms with Crippen molar-refractivity contribution in [2.75, 3.05) is 47.8 Å². The molecular weight excluding hydrogens is 764 g/mol. The summed E-state index contributed by atoms with van der Waals surface area (Å²) >= 11 is 12.2. The zero-order valence-electron chi connectivity index (χ0n) is 33.3. The lowest BCUT2D eigenvalue weighted by atomic mass is 9.82. The van der Waals surface area contributed by atoms with Crippen LogP contribution in [0.25, 0.3) is 10.9 Å². The molecule has 3 aliphatic heterocycles. The Balaban J connectivity index is 0.876. The quantitative estimate of drug-likeness (QED) is 0.247. The van der Waals surface area contributed by atoms with Gasteiger partial charge in [-0.2, -0.15) is 10.4 Å². The normalized spacial score (nSPS) is 24.6. The van der Waals surface area contributed by atoms with Crippen molar-refractivity contribution in [2.24, 2.45) is 13.0 Å². The fraction of sp³-hybridized carbons (Fsp3) is 0.537. The molecule has 0 spiro atoms. The first-order valence-electron chi connectivity index (χ1n) is 19.9. The van der Waals surface area contributed by atoms with E-state index < -0.39 is 11.6 Å². The molecule has 1 saturated carbocycles. The van der Waals surface area contributed by atoms with Crippen molar-refractivity contribution in [1.82, 2.24) is 29.8 Å². The van der Waals surface area contributed by atoms with Gasteiger partial charge in [0.15, 0.2) is 10.9 Å². The minimum atomic E-state index is -0.777. The number of hydrogen-bond donors (Lipinski definition) is 2. The summed E-state index contributed by atoms with van der Waals surface area (Å²) in [6, 6.07) is 12.7. The first kappa shape index (κ1) is 40.6. The van der Waals surface area contributed by atoms with Crippen molar-refractivity contribution in [3.8, 4) is 6.07 Å². The first-order valence-corrected chi connectivity index (χ1v) is 20.7. The Kier molecular flexibility index (Phi) is 11.6. The molecule has 3 saturated heterocycles. The molecule has 1 aromatic heterocycles. The maximum atomic E-state index is 13.7. The number of aryl methyl sites for hydroxylation is 1. The van der Waals surface area contributed by atoms with Crippen LogP contribution in [-0.4, -0.2) is 110 Å². The number of aromatic nitrogens is 2. The Morgan fingerprint density at radius 1 is 1.09 bits per heavy atom. The Hall–Kier alpha value is -4.62. The summed E-state index contributed by atoms with van der Waals surface area (Å²) in [7, 11) is 1.78. The number of para-hydroxylation sites is 1. The van der Waals surface area contributed by atoms with Gasteiger partial charge >= 0.3 is 6.03 Å². The highest BCUT2D eigenvalue weighted by Gasteiger charge is 2.52. The molecule has 57 heavy (non-hydrogen) atoms. The molecule has 302 valence electrons. The summed E-state index contributed by atoms with van der Waals surface area (Å²) in [5.74, 6) is 0.587. The Morgan fingerprint density at radius 3 is 2.47 bits per heavy atom. The average Bonchev–Trinajstić information content (AvgIpc) is 3.58. The van der Waals surface area contributed by atoms with Gasteiger partial charge in [0.25, 0.3) is 5.91 Å². The van der Waals surface area contributed by atoms with Crippen LogP contribution in [0.15, 0.2) is 36.4 Å². The van der Waals surface area contributed by atoms with Gasteiger partial charge in [-0.1, -0.05) is 17.7 Å². The zero-order valence-corrected chi connectivity index (χ0v) is 34.8. The van der Waals surface area contributed by atoms with E-state index in [-0.39, 0.29) is 55.4 Å². The maximum absolute atomic E-state index is 13.7. The molecule has 14 nitrogen and oxygen atoms in total. The number of piperazine rings is 1. The van der Waals surface area contributed by atoms with Crippen molar-refractivity contribution in [2.45, 2.75) is 96.3 Å². The van der Waals surface area contributed by atoms with E-state index in [1.807, 2.05) is 32.0 Å². The highest BCUT2D eigenvalue weighted by Crippen LogP contribution is 2.40. The molecule has 2 atom stereocenters. The lowest BCUT2D eigenvalue weighted by Gasteiger charge is -2.44. The van der Waals surface area contributed by atoms with Gasteiger partial charge in [-0.15, -0.1) is 0 Å². The van der Waals surface area contributed by atoms with E-state index in [0.29, 0.717) is 44.3 Å². The molecule has 0 radical (unpaired) electrons. The zero-order chi connectivity index (χ0) is 40.8. The van der Waals surface area contributed by atoms with E-state index >= 15 is 0 Å². The number of carbonyl (C=O) groups excluding carboxylic acids is 4. The monoisotopic (exact) mass is 814 g/mol. The topological polar surface area (TPSA) is 150 Å². The summed E-state index contributed by atoms with van der Waals surface area (Å²) < 4.78 is 1.66. The molecule has 4 heterocycles. The molecule has 4 fully saturated rings.